The van der Waals surface area contributed by atoms with E-state index in [1.807, 2.05) is 37.4 Å². The maximum absolute atomic E-state index is 12.0. The Morgan fingerprint density at radius 1 is 1.32 bits per heavy atom. The van der Waals surface area contributed by atoms with Crippen molar-refractivity contribution in [3.05, 3.63) is 53.3 Å². The van der Waals surface area contributed by atoms with Gasteiger partial charge in [-0.05, 0) is 36.7 Å². The third kappa shape index (κ3) is 3.42. The minimum atomic E-state index is -0.0829. The zero-order chi connectivity index (χ0) is 13.7. The molecular formula is C14H18N4O. The summed E-state index contributed by atoms with van der Waals surface area (Å²) in [6, 6.07) is 9.40. The molecule has 0 saturated carbocycles. The summed E-state index contributed by atoms with van der Waals surface area (Å²) < 4.78 is 1.74. The van der Waals surface area contributed by atoms with Crippen molar-refractivity contribution in [2.24, 2.45) is 12.8 Å². The molecule has 2 aromatic rings. The SMILES string of the molecule is Cn1nccc1CNC(=O)c1ccc(CCN)cc1. The topological polar surface area (TPSA) is 72.9 Å². The second-order valence-corrected chi connectivity index (χ2v) is 4.36. The summed E-state index contributed by atoms with van der Waals surface area (Å²) in [4.78, 5) is 12.0. The Labute approximate surface area is 112 Å². The molecular weight excluding hydrogens is 240 g/mol. The third-order valence-corrected chi connectivity index (χ3v) is 3.00. The Morgan fingerprint density at radius 2 is 2.05 bits per heavy atom. The van der Waals surface area contributed by atoms with Crippen LogP contribution in [0.5, 0.6) is 0 Å². The van der Waals surface area contributed by atoms with Crippen molar-refractivity contribution in [2.45, 2.75) is 13.0 Å². The molecule has 0 saturated heterocycles. The van der Waals surface area contributed by atoms with Gasteiger partial charge in [-0.1, -0.05) is 12.1 Å². The highest BCUT2D eigenvalue weighted by Crippen LogP contribution is 2.05. The standard InChI is InChI=1S/C14H18N4O/c1-18-13(7-9-17-18)10-16-14(19)12-4-2-11(3-5-12)6-8-15/h2-5,7,9H,6,8,10,15H2,1H3,(H,16,19). The van der Waals surface area contributed by atoms with E-state index in [0.717, 1.165) is 17.7 Å². The molecule has 3 N–H and O–H groups in total. The number of benzene rings is 1. The molecule has 2 rings (SSSR count). The van der Waals surface area contributed by atoms with Crippen LogP contribution < -0.4 is 11.1 Å². The molecule has 0 radical (unpaired) electrons. The van der Waals surface area contributed by atoms with E-state index >= 15 is 0 Å². The van der Waals surface area contributed by atoms with Gasteiger partial charge in [0.2, 0.25) is 0 Å². The van der Waals surface area contributed by atoms with E-state index in [2.05, 4.69) is 10.4 Å². The van der Waals surface area contributed by atoms with Gasteiger partial charge in [0.25, 0.3) is 5.91 Å². The number of hydrogen-bond acceptors (Lipinski definition) is 3. The van der Waals surface area contributed by atoms with Gasteiger partial charge in [-0.2, -0.15) is 5.10 Å². The van der Waals surface area contributed by atoms with Crippen LogP contribution in [0.2, 0.25) is 0 Å². The number of nitrogens with zero attached hydrogens (tertiary/aromatic N) is 2. The zero-order valence-electron chi connectivity index (χ0n) is 11.0. The molecule has 1 amide bonds. The molecule has 5 nitrogen and oxygen atoms in total. The van der Waals surface area contributed by atoms with E-state index in [-0.39, 0.29) is 5.91 Å². The number of amides is 1. The second kappa shape index (κ2) is 6.15. The molecule has 19 heavy (non-hydrogen) atoms. The van der Waals surface area contributed by atoms with E-state index in [9.17, 15) is 4.79 Å². The number of nitrogens with two attached hydrogens (primary N) is 1. The first-order valence-electron chi connectivity index (χ1n) is 6.25. The molecule has 0 aliphatic rings. The van der Waals surface area contributed by atoms with Gasteiger partial charge in [-0.3, -0.25) is 9.48 Å². The van der Waals surface area contributed by atoms with E-state index in [1.165, 1.54) is 0 Å². The molecule has 0 atom stereocenters. The molecule has 5 heteroatoms. The number of aromatic nitrogens is 2. The smallest absolute Gasteiger partial charge is 0.251 e. The van der Waals surface area contributed by atoms with Crippen molar-refractivity contribution in [1.29, 1.82) is 0 Å². The van der Waals surface area contributed by atoms with Crippen molar-refractivity contribution in [2.75, 3.05) is 6.54 Å². The molecule has 100 valence electrons. The van der Waals surface area contributed by atoms with Gasteiger partial charge in [0, 0.05) is 18.8 Å². The number of nitrogens with one attached hydrogen (secondary N) is 1. The zero-order valence-corrected chi connectivity index (χ0v) is 11.0. The summed E-state index contributed by atoms with van der Waals surface area (Å²) >= 11 is 0. The number of carbonyl (C=O) groups excluding carboxylic acids is 1. The van der Waals surface area contributed by atoms with Gasteiger partial charge in [0.05, 0.1) is 12.2 Å². The first-order chi connectivity index (χ1) is 9.20. The van der Waals surface area contributed by atoms with Crippen LogP contribution in [-0.2, 0) is 20.0 Å². The Kier molecular flexibility index (Phi) is 4.30. The quantitative estimate of drug-likeness (QED) is 0.835. The summed E-state index contributed by atoms with van der Waals surface area (Å²) in [5.41, 5.74) is 8.25. The van der Waals surface area contributed by atoms with Crippen LogP contribution in [0.1, 0.15) is 21.6 Å². The molecule has 0 fully saturated rings. The molecule has 0 bridgehead atoms. The van der Waals surface area contributed by atoms with Gasteiger partial charge in [-0.25, -0.2) is 0 Å². The van der Waals surface area contributed by atoms with Crippen molar-refractivity contribution in [1.82, 2.24) is 15.1 Å². The minimum absolute atomic E-state index is 0.0829. The van der Waals surface area contributed by atoms with Crippen LogP contribution in [-0.4, -0.2) is 22.2 Å². The Morgan fingerprint density at radius 3 is 2.63 bits per heavy atom. The van der Waals surface area contributed by atoms with Crippen molar-refractivity contribution in [3.63, 3.8) is 0 Å². The highest BCUT2D eigenvalue weighted by Gasteiger charge is 2.06. The molecule has 0 spiro atoms. The van der Waals surface area contributed by atoms with Crippen LogP contribution >= 0.6 is 0 Å². The summed E-state index contributed by atoms with van der Waals surface area (Å²) in [6.45, 7) is 1.09. The predicted molar refractivity (Wildman–Crippen MR) is 73.6 cm³/mol. The lowest BCUT2D eigenvalue weighted by Gasteiger charge is -2.06. The summed E-state index contributed by atoms with van der Waals surface area (Å²) in [7, 11) is 1.85. The average Bonchev–Trinajstić information content (AvgIpc) is 2.83. The fourth-order valence-electron chi connectivity index (χ4n) is 1.84. The van der Waals surface area contributed by atoms with E-state index in [0.29, 0.717) is 18.7 Å². The highest BCUT2D eigenvalue weighted by atomic mass is 16.1. The van der Waals surface area contributed by atoms with Gasteiger partial charge in [0.1, 0.15) is 0 Å². The van der Waals surface area contributed by atoms with Crippen LogP contribution in [0.3, 0.4) is 0 Å². The van der Waals surface area contributed by atoms with Gasteiger partial charge < -0.3 is 11.1 Å². The lowest BCUT2D eigenvalue weighted by atomic mass is 10.1. The van der Waals surface area contributed by atoms with Gasteiger partial charge in [-0.15, -0.1) is 0 Å². The molecule has 0 aliphatic heterocycles. The van der Waals surface area contributed by atoms with Crippen LogP contribution in [0.25, 0.3) is 0 Å². The number of aryl methyl sites for hydroxylation is 1. The number of rotatable bonds is 5. The molecule has 1 aromatic carbocycles. The molecule has 0 unspecified atom stereocenters. The van der Waals surface area contributed by atoms with Gasteiger partial charge in [0.15, 0.2) is 0 Å². The molecule has 0 aliphatic carbocycles. The van der Waals surface area contributed by atoms with Crippen molar-refractivity contribution >= 4 is 5.91 Å². The Bertz CT molecular complexity index is 545. The largest absolute Gasteiger partial charge is 0.346 e. The fourth-order valence-corrected chi connectivity index (χ4v) is 1.84. The van der Waals surface area contributed by atoms with E-state index < -0.39 is 0 Å². The average molecular weight is 258 g/mol. The van der Waals surface area contributed by atoms with E-state index in [4.69, 9.17) is 5.73 Å². The Hall–Kier alpha value is -2.14. The molecule has 1 aromatic heterocycles. The second-order valence-electron chi connectivity index (χ2n) is 4.36. The maximum atomic E-state index is 12.0. The monoisotopic (exact) mass is 258 g/mol. The van der Waals surface area contributed by atoms with Crippen molar-refractivity contribution < 1.29 is 4.79 Å². The number of hydrogen-bond donors (Lipinski definition) is 2. The fraction of sp³-hybridized carbons (Fsp3) is 0.286. The van der Waals surface area contributed by atoms with Crippen LogP contribution in [0.15, 0.2) is 36.5 Å². The minimum Gasteiger partial charge on any atom is -0.346 e. The summed E-state index contributed by atoms with van der Waals surface area (Å²) in [5.74, 6) is -0.0829. The summed E-state index contributed by atoms with van der Waals surface area (Å²) in [6.07, 6.45) is 2.54. The Balaban J connectivity index is 1.94. The maximum Gasteiger partial charge on any atom is 0.251 e. The normalized spacial score (nSPS) is 10.4. The predicted octanol–water partition coefficient (Wildman–Crippen LogP) is 0.851. The third-order valence-electron chi connectivity index (χ3n) is 3.00. The number of carbonyl (C=O) groups is 1. The van der Waals surface area contributed by atoms with Crippen LogP contribution in [0, 0.1) is 0 Å². The van der Waals surface area contributed by atoms with Crippen molar-refractivity contribution in [3.8, 4) is 0 Å². The molecule has 1 heterocycles. The lowest BCUT2D eigenvalue weighted by molar-refractivity contribution is 0.0950. The highest BCUT2D eigenvalue weighted by molar-refractivity contribution is 5.94. The van der Waals surface area contributed by atoms with Gasteiger partial charge >= 0.3 is 0 Å². The lowest BCUT2D eigenvalue weighted by Crippen LogP contribution is -2.24. The summed E-state index contributed by atoms with van der Waals surface area (Å²) in [5, 5.41) is 6.92. The first-order valence-corrected chi connectivity index (χ1v) is 6.25. The van der Waals surface area contributed by atoms with Crippen LogP contribution in [0.4, 0.5) is 0 Å². The first kappa shape index (κ1) is 13.3. The van der Waals surface area contributed by atoms with E-state index in [1.54, 1.807) is 10.9 Å².